The van der Waals surface area contributed by atoms with Gasteiger partial charge in [0.15, 0.2) is 5.82 Å². The SMILES string of the molecule is C=S(=O)(Nc1ccc(F)c(C(=O)c2c[nH]c3ncc(Cl)cc23)c1F)c1cc(C)oc1C. The molecule has 1 aromatic carbocycles. The summed E-state index contributed by atoms with van der Waals surface area (Å²) >= 11 is 5.94. The van der Waals surface area contributed by atoms with Crippen molar-refractivity contribution >= 4 is 49.7 Å². The monoisotopic (exact) mass is 463 g/mol. The lowest BCUT2D eigenvalue weighted by atomic mass is 10.0. The van der Waals surface area contributed by atoms with E-state index in [0.717, 1.165) is 12.1 Å². The van der Waals surface area contributed by atoms with Gasteiger partial charge in [0, 0.05) is 23.3 Å². The summed E-state index contributed by atoms with van der Waals surface area (Å²) in [5, 5.41) is 0.584. The van der Waals surface area contributed by atoms with Crippen LogP contribution < -0.4 is 4.72 Å². The minimum atomic E-state index is -3.25. The first-order valence-electron chi connectivity index (χ1n) is 8.96. The third kappa shape index (κ3) is 3.70. The molecule has 160 valence electrons. The van der Waals surface area contributed by atoms with Crippen molar-refractivity contribution in [2.24, 2.45) is 0 Å². The molecule has 0 bridgehead atoms. The summed E-state index contributed by atoms with van der Waals surface area (Å²) in [7, 11) is -3.25. The fourth-order valence-corrected chi connectivity index (χ4v) is 4.95. The zero-order chi connectivity index (χ0) is 22.5. The molecule has 4 rings (SSSR count). The fraction of sp³-hybridized carbons (Fsp3) is 0.0952. The normalized spacial score (nSPS) is 13.3. The molecule has 0 fully saturated rings. The van der Waals surface area contributed by atoms with Crippen LogP contribution in [0.2, 0.25) is 5.02 Å². The Morgan fingerprint density at radius 1 is 1.29 bits per heavy atom. The van der Waals surface area contributed by atoms with E-state index in [9.17, 15) is 13.4 Å². The van der Waals surface area contributed by atoms with Crippen molar-refractivity contribution in [3.05, 3.63) is 76.0 Å². The molecule has 0 saturated carbocycles. The van der Waals surface area contributed by atoms with Crippen molar-refractivity contribution in [2.45, 2.75) is 18.7 Å². The minimum Gasteiger partial charge on any atom is -0.465 e. The molecule has 0 aliphatic rings. The number of aryl methyl sites for hydroxylation is 2. The number of fused-ring (bicyclic) bond motifs is 1. The highest BCUT2D eigenvalue weighted by atomic mass is 35.5. The first-order chi connectivity index (χ1) is 14.6. The van der Waals surface area contributed by atoms with Crippen molar-refractivity contribution in [3.8, 4) is 0 Å². The maximum Gasteiger partial charge on any atom is 0.201 e. The Bertz CT molecular complexity index is 1460. The van der Waals surface area contributed by atoms with Gasteiger partial charge in [0.05, 0.1) is 30.9 Å². The predicted molar refractivity (Wildman–Crippen MR) is 116 cm³/mol. The maximum atomic E-state index is 15.3. The smallest absolute Gasteiger partial charge is 0.201 e. The van der Waals surface area contributed by atoms with E-state index in [-0.39, 0.29) is 21.2 Å². The molecule has 0 aliphatic heterocycles. The number of hydrogen-bond donors (Lipinski definition) is 2. The third-order valence-electron chi connectivity index (χ3n) is 4.69. The molecule has 0 spiro atoms. The maximum absolute atomic E-state index is 15.3. The number of halogens is 3. The predicted octanol–water partition coefficient (Wildman–Crippen LogP) is 5.04. The number of H-pyrrole nitrogens is 1. The number of anilines is 1. The molecule has 4 aromatic rings. The Morgan fingerprint density at radius 2 is 2.03 bits per heavy atom. The molecule has 3 aromatic heterocycles. The second kappa shape index (κ2) is 7.51. The van der Waals surface area contributed by atoms with Gasteiger partial charge in [-0.3, -0.25) is 4.79 Å². The fourth-order valence-electron chi connectivity index (χ4n) is 3.31. The standard InChI is InChI=1S/C21H16ClF2N3O3S/c1-10-6-17(11(2)30-10)31(3,29)27-16-5-4-15(23)18(19(16)24)20(28)14-9-26-21-13(14)7-12(22)8-25-21/h4-9H,3H2,1-2H3,(H,25,26)(H,27,29). The summed E-state index contributed by atoms with van der Waals surface area (Å²) < 4.78 is 50.7. The number of furan rings is 1. The molecule has 0 saturated heterocycles. The Hall–Kier alpha value is -3.17. The number of carbonyl (C=O) groups is 1. The van der Waals surface area contributed by atoms with Crippen LogP contribution in [0.4, 0.5) is 14.5 Å². The van der Waals surface area contributed by atoms with E-state index >= 15 is 4.39 Å². The van der Waals surface area contributed by atoms with Gasteiger partial charge in [0.2, 0.25) is 5.78 Å². The summed E-state index contributed by atoms with van der Waals surface area (Å²) in [6.07, 6.45) is 2.68. The number of rotatable bonds is 5. The topological polar surface area (TPSA) is 88.0 Å². The molecule has 10 heteroatoms. The first-order valence-corrected chi connectivity index (χ1v) is 11.1. The summed E-state index contributed by atoms with van der Waals surface area (Å²) in [6, 6.07) is 4.97. The molecule has 1 unspecified atom stereocenters. The number of hydrogen-bond acceptors (Lipinski definition) is 4. The van der Waals surface area contributed by atoms with E-state index in [1.807, 2.05) is 0 Å². The lowest BCUT2D eigenvalue weighted by molar-refractivity contribution is 0.103. The molecule has 3 heterocycles. The highest BCUT2D eigenvalue weighted by Crippen LogP contribution is 2.30. The van der Waals surface area contributed by atoms with Crippen molar-refractivity contribution in [3.63, 3.8) is 0 Å². The van der Waals surface area contributed by atoms with Gasteiger partial charge in [-0.2, -0.15) is 0 Å². The summed E-state index contributed by atoms with van der Waals surface area (Å²) in [5.74, 6) is 1.32. The quantitative estimate of drug-likeness (QED) is 0.320. The molecule has 1 atom stereocenters. The van der Waals surface area contributed by atoms with Crippen molar-refractivity contribution in [2.75, 3.05) is 4.72 Å². The Labute approximate surface area is 181 Å². The Morgan fingerprint density at radius 3 is 2.71 bits per heavy atom. The number of carbonyl (C=O) groups excluding carboxylic acids is 1. The average Bonchev–Trinajstić information content (AvgIpc) is 3.26. The van der Waals surface area contributed by atoms with Gasteiger partial charge in [0.1, 0.15) is 23.0 Å². The number of aromatic amines is 1. The lowest BCUT2D eigenvalue weighted by Crippen LogP contribution is -2.16. The van der Waals surface area contributed by atoms with E-state index in [2.05, 4.69) is 20.6 Å². The summed E-state index contributed by atoms with van der Waals surface area (Å²) in [5.41, 5.74) is -0.800. The largest absolute Gasteiger partial charge is 0.465 e. The molecule has 0 aliphatic carbocycles. The van der Waals surface area contributed by atoms with Gasteiger partial charge in [-0.05, 0) is 44.0 Å². The summed E-state index contributed by atoms with van der Waals surface area (Å²) in [4.78, 5) is 20.1. The number of benzene rings is 1. The van der Waals surface area contributed by atoms with Crippen LogP contribution in [0.25, 0.3) is 11.0 Å². The van der Waals surface area contributed by atoms with Gasteiger partial charge in [0.25, 0.3) is 0 Å². The van der Waals surface area contributed by atoms with Gasteiger partial charge in [-0.25, -0.2) is 18.0 Å². The van der Waals surface area contributed by atoms with Gasteiger partial charge >= 0.3 is 0 Å². The van der Waals surface area contributed by atoms with Crippen LogP contribution in [0.5, 0.6) is 0 Å². The zero-order valence-electron chi connectivity index (χ0n) is 16.4. The van der Waals surface area contributed by atoms with Crippen molar-refractivity contribution in [1.82, 2.24) is 9.97 Å². The molecule has 6 nitrogen and oxygen atoms in total. The third-order valence-corrected chi connectivity index (χ3v) is 6.56. The first kappa shape index (κ1) is 21.1. The van der Waals surface area contributed by atoms with Crippen LogP contribution in [0.3, 0.4) is 0 Å². The number of nitrogens with one attached hydrogen (secondary N) is 2. The number of aromatic nitrogens is 2. The van der Waals surface area contributed by atoms with Crippen molar-refractivity contribution < 1.29 is 22.2 Å². The van der Waals surface area contributed by atoms with E-state index in [1.165, 1.54) is 24.5 Å². The molecular weight excluding hydrogens is 448 g/mol. The van der Waals surface area contributed by atoms with Crippen LogP contribution in [0.15, 0.2) is 46.0 Å². The Balaban J connectivity index is 1.78. The molecule has 31 heavy (non-hydrogen) atoms. The van der Waals surface area contributed by atoms with E-state index in [4.69, 9.17) is 16.0 Å². The molecule has 0 amide bonds. The van der Waals surface area contributed by atoms with E-state index < -0.39 is 32.7 Å². The highest BCUT2D eigenvalue weighted by molar-refractivity contribution is 8.01. The zero-order valence-corrected chi connectivity index (χ0v) is 18.0. The van der Waals surface area contributed by atoms with E-state index in [0.29, 0.717) is 22.6 Å². The lowest BCUT2D eigenvalue weighted by Gasteiger charge is -2.14. The highest BCUT2D eigenvalue weighted by Gasteiger charge is 2.26. The number of ketones is 1. The Kier molecular flexibility index (Phi) is 5.10. The van der Waals surface area contributed by atoms with Crippen molar-refractivity contribution in [1.29, 1.82) is 0 Å². The second-order valence-electron chi connectivity index (χ2n) is 6.92. The second-order valence-corrected chi connectivity index (χ2v) is 9.35. The number of pyridine rings is 1. The van der Waals surface area contributed by atoms with Crippen LogP contribution >= 0.6 is 11.6 Å². The van der Waals surface area contributed by atoms with Crippen LogP contribution in [-0.2, 0) is 9.71 Å². The number of nitrogens with zero attached hydrogens (tertiary/aromatic N) is 1. The van der Waals surface area contributed by atoms with Crippen LogP contribution in [-0.4, -0.2) is 25.8 Å². The van der Waals surface area contributed by atoms with Gasteiger partial charge in [-0.1, -0.05) is 11.6 Å². The van der Waals surface area contributed by atoms with Crippen LogP contribution in [0, 0.1) is 25.5 Å². The molecular formula is C21H16ClF2N3O3S. The average molecular weight is 464 g/mol. The molecule has 0 radical (unpaired) electrons. The van der Waals surface area contributed by atoms with Gasteiger partial charge in [-0.15, -0.1) is 0 Å². The molecule has 2 N–H and O–H groups in total. The minimum absolute atomic E-state index is 0.00314. The van der Waals surface area contributed by atoms with Gasteiger partial charge < -0.3 is 14.1 Å². The van der Waals surface area contributed by atoms with Crippen LogP contribution in [0.1, 0.15) is 27.4 Å². The summed E-state index contributed by atoms with van der Waals surface area (Å²) in [6.45, 7) is 3.27. The van der Waals surface area contributed by atoms with E-state index in [1.54, 1.807) is 13.8 Å².